The Bertz CT molecular complexity index is 2160. The molecule has 0 saturated heterocycles. The van der Waals surface area contributed by atoms with Gasteiger partial charge in [0.05, 0.1) is 5.52 Å². The first kappa shape index (κ1) is 42.2. The third-order valence-corrected chi connectivity index (χ3v) is 9.04. The van der Waals surface area contributed by atoms with Gasteiger partial charge in [0.15, 0.2) is 0 Å². The second-order valence-corrected chi connectivity index (χ2v) is 13.5. The number of carbonyl (C=O) groups excluding carboxylic acids is 6. The molecular weight excluding hydrogens is 743 g/mol. The lowest BCUT2D eigenvalue weighted by molar-refractivity contribution is -0.149. The Labute approximate surface area is 336 Å². The minimum atomic E-state index is -1.13. The van der Waals surface area contributed by atoms with Gasteiger partial charge < -0.3 is 35.5 Å². The third-order valence-electron chi connectivity index (χ3n) is 9.04. The molecule has 0 saturated carbocycles. The van der Waals surface area contributed by atoms with Crippen LogP contribution in [0.1, 0.15) is 53.7 Å². The quantitative estimate of drug-likeness (QED) is 0.0501. The molecule has 5 aromatic rings. The van der Waals surface area contributed by atoms with Crippen LogP contribution >= 0.6 is 0 Å². The fourth-order valence-corrected chi connectivity index (χ4v) is 5.94. The van der Waals surface area contributed by atoms with E-state index in [4.69, 9.17) is 14.2 Å². The van der Waals surface area contributed by atoms with Gasteiger partial charge in [0, 0.05) is 31.0 Å². The molecule has 4 N–H and O–H groups in total. The predicted octanol–water partition coefficient (Wildman–Crippen LogP) is 5.58. The van der Waals surface area contributed by atoms with Gasteiger partial charge in [-0.1, -0.05) is 109 Å². The highest BCUT2D eigenvalue weighted by Crippen LogP contribution is 2.24. The summed E-state index contributed by atoms with van der Waals surface area (Å²) >= 11 is 0. The SMILES string of the molecule is C[C@H](NC(=O)OCc1ccccc1)C(=O)NCCCC(=O)N[C@@H](Cc1cn(C(=O)[C@H](C)NC(=O)OCc2ccccc2)c2ccccc12)C(=O)OCc1ccccc1. The lowest BCUT2D eigenvalue weighted by Crippen LogP contribution is -2.45. The van der Waals surface area contributed by atoms with Crippen molar-refractivity contribution in [3.63, 3.8) is 0 Å². The van der Waals surface area contributed by atoms with Crippen molar-refractivity contribution in [1.29, 1.82) is 0 Å². The van der Waals surface area contributed by atoms with Crippen LogP contribution in [0.2, 0.25) is 0 Å². The summed E-state index contributed by atoms with van der Waals surface area (Å²) in [6, 6.07) is 31.5. The number of hydrogen-bond acceptors (Lipinski definition) is 9. The van der Waals surface area contributed by atoms with Crippen molar-refractivity contribution in [2.75, 3.05) is 6.54 Å². The van der Waals surface area contributed by atoms with E-state index >= 15 is 0 Å². The summed E-state index contributed by atoms with van der Waals surface area (Å²) in [5.41, 5.74) is 3.49. The van der Waals surface area contributed by atoms with Crippen molar-refractivity contribution < 1.29 is 43.0 Å². The van der Waals surface area contributed by atoms with Crippen LogP contribution < -0.4 is 21.3 Å². The maximum Gasteiger partial charge on any atom is 0.408 e. The van der Waals surface area contributed by atoms with Crippen LogP contribution in [0.25, 0.3) is 10.9 Å². The van der Waals surface area contributed by atoms with Crippen molar-refractivity contribution in [3.8, 4) is 0 Å². The molecule has 0 spiro atoms. The summed E-state index contributed by atoms with van der Waals surface area (Å²) in [4.78, 5) is 77.8. The molecule has 14 nitrogen and oxygen atoms in total. The number of nitrogens with one attached hydrogen (secondary N) is 4. The minimum absolute atomic E-state index is 0.0125. The highest BCUT2D eigenvalue weighted by molar-refractivity contribution is 5.98. The van der Waals surface area contributed by atoms with E-state index in [1.54, 1.807) is 37.4 Å². The van der Waals surface area contributed by atoms with E-state index in [1.807, 2.05) is 91.0 Å². The molecule has 58 heavy (non-hydrogen) atoms. The third kappa shape index (κ3) is 12.8. The van der Waals surface area contributed by atoms with Gasteiger partial charge in [-0.05, 0) is 48.6 Å². The Morgan fingerprint density at radius 1 is 0.603 bits per heavy atom. The second kappa shape index (κ2) is 21.4. The average molecular weight is 790 g/mol. The van der Waals surface area contributed by atoms with E-state index < -0.39 is 54.0 Å². The summed E-state index contributed by atoms with van der Waals surface area (Å²) in [5, 5.41) is 11.2. The molecule has 4 aromatic carbocycles. The standard InChI is InChI=1S/C44H47N5O9/c1-30(46-43(54)57-28-33-17-8-4-9-18-33)40(51)45-24-14-23-39(50)48-37(42(53)56-27-32-15-6-3-7-16-32)25-35-26-49(38-22-13-12-21-36(35)38)41(52)31(2)47-44(55)58-29-34-19-10-5-11-20-34/h3-13,15-22,26,30-31,37H,14,23-25,27-29H2,1-2H3,(H,45,51)(H,46,54)(H,47,55)(H,48,50)/t30-,31-,37-/m0/s1. The maximum atomic E-state index is 13.7. The van der Waals surface area contributed by atoms with Crippen molar-refractivity contribution >= 4 is 46.8 Å². The molecule has 0 aliphatic heterocycles. The Kier molecular flexibility index (Phi) is 15.5. The van der Waals surface area contributed by atoms with Gasteiger partial charge in [0.1, 0.15) is 37.9 Å². The molecule has 1 heterocycles. The molecule has 0 radical (unpaired) electrons. The normalized spacial score (nSPS) is 12.3. The molecule has 4 amide bonds. The van der Waals surface area contributed by atoms with Gasteiger partial charge >= 0.3 is 18.2 Å². The summed E-state index contributed by atoms with van der Waals surface area (Å²) in [6.45, 7) is 3.26. The van der Waals surface area contributed by atoms with Crippen LogP contribution in [-0.4, -0.2) is 65.1 Å². The fraction of sp³-hybridized carbons (Fsp3) is 0.273. The monoisotopic (exact) mass is 789 g/mol. The Balaban J connectivity index is 1.18. The lowest BCUT2D eigenvalue weighted by atomic mass is 10.0. The zero-order valence-electron chi connectivity index (χ0n) is 32.4. The smallest absolute Gasteiger partial charge is 0.408 e. The van der Waals surface area contributed by atoms with E-state index in [2.05, 4.69) is 21.3 Å². The van der Waals surface area contributed by atoms with E-state index in [0.29, 0.717) is 16.5 Å². The predicted molar refractivity (Wildman–Crippen MR) is 215 cm³/mol. The van der Waals surface area contributed by atoms with Crippen molar-refractivity contribution in [2.45, 2.75) is 71.1 Å². The molecule has 3 atom stereocenters. The second-order valence-electron chi connectivity index (χ2n) is 13.5. The molecule has 1 aromatic heterocycles. The number of carbonyl (C=O) groups is 6. The van der Waals surface area contributed by atoms with Gasteiger partial charge in [-0.2, -0.15) is 0 Å². The van der Waals surface area contributed by atoms with E-state index in [1.165, 1.54) is 11.5 Å². The highest BCUT2D eigenvalue weighted by atomic mass is 16.6. The lowest BCUT2D eigenvalue weighted by Gasteiger charge is -2.18. The molecule has 0 unspecified atom stereocenters. The molecule has 0 bridgehead atoms. The number of esters is 1. The molecule has 0 aliphatic carbocycles. The highest BCUT2D eigenvalue weighted by Gasteiger charge is 2.27. The van der Waals surface area contributed by atoms with E-state index in [9.17, 15) is 28.8 Å². The first-order valence-electron chi connectivity index (χ1n) is 18.9. The van der Waals surface area contributed by atoms with Gasteiger partial charge in [0.2, 0.25) is 11.8 Å². The molecular formula is C44H47N5O9. The van der Waals surface area contributed by atoms with E-state index in [-0.39, 0.29) is 45.6 Å². The number of ether oxygens (including phenoxy) is 3. The summed E-state index contributed by atoms with van der Waals surface area (Å²) in [7, 11) is 0. The van der Waals surface area contributed by atoms with Crippen LogP contribution in [0, 0.1) is 0 Å². The molecule has 302 valence electrons. The Morgan fingerprint density at radius 3 is 1.67 bits per heavy atom. The first-order valence-corrected chi connectivity index (χ1v) is 18.9. The molecule has 5 rings (SSSR count). The van der Waals surface area contributed by atoms with Crippen LogP contribution in [0.3, 0.4) is 0 Å². The maximum absolute atomic E-state index is 13.7. The summed E-state index contributed by atoms with van der Waals surface area (Å²) in [6.07, 6.45) is 0.284. The first-order chi connectivity index (χ1) is 28.1. The number of amides is 4. The van der Waals surface area contributed by atoms with Crippen molar-refractivity contribution in [1.82, 2.24) is 25.8 Å². The number of rotatable bonds is 18. The van der Waals surface area contributed by atoms with Gasteiger partial charge in [0.25, 0.3) is 5.91 Å². The van der Waals surface area contributed by atoms with Crippen molar-refractivity contribution in [2.24, 2.45) is 0 Å². The number of para-hydroxylation sites is 1. The molecule has 0 aliphatic rings. The van der Waals surface area contributed by atoms with Crippen LogP contribution in [0.15, 0.2) is 121 Å². The Morgan fingerprint density at radius 2 is 1.10 bits per heavy atom. The van der Waals surface area contributed by atoms with Crippen LogP contribution in [-0.2, 0) is 54.8 Å². The molecule has 14 heteroatoms. The number of aromatic nitrogens is 1. The van der Waals surface area contributed by atoms with Gasteiger partial charge in [-0.3, -0.25) is 19.0 Å². The Hall–Kier alpha value is -6.96. The largest absolute Gasteiger partial charge is 0.459 e. The van der Waals surface area contributed by atoms with Crippen LogP contribution in [0.4, 0.5) is 9.59 Å². The summed E-state index contributed by atoms with van der Waals surface area (Å²) in [5.74, 6) is -2.04. The zero-order valence-corrected chi connectivity index (χ0v) is 32.4. The average Bonchev–Trinajstić information content (AvgIpc) is 3.61. The number of benzene rings is 4. The topological polar surface area (TPSA) is 183 Å². The number of nitrogens with zero attached hydrogens (tertiary/aromatic N) is 1. The van der Waals surface area contributed by atoms with Crippen LogP contribution in [0.5, 0.6) is 0 Å². The molecule has 0 fully saturated rings. The summed E-state index contributed by atoms with van der Waals surface area (Å²) < 4.78 is 17.5. The minimum Gasteiger partial charge on any atom is -0.459 e. The number of alkyl carbamates (subject to hydrolysis) is 2. The van der Waals surface area contributed by atoms with E-state index in [0.717, 1.165) is 16.7 Å². The number of hydrogen-bond donors (Lipinski definition) is 4. The van der Waals surface area contributed by atoms with Gasteiger partial charge in [-0.25, -0.2) is 14.4 Å². The van der Waals surface area contributed by atoms with Crippen molar-refractivity contribution in [3.05, 3.63) is 144 Å². The number of fused-ring (bicyclic) bond motifs is 1. The zero-order chi connectivity index (χ0) is 41.3. The fourth-order valence-electron chi connectivity index (χ4n) is 5.94. The van der Waals surface area contributed by atoms with Gasteiger partial charge in [-0.15, -0.1) is 0 Å².